The molecule has 1 aromatic carbocycles. The fourth-order valence-electron chi connectivity index (χ4n) is 2.63. The summed E-state index contributed by atoms with van der Waals surface area (Å²) in [4.78, 5) is 37.0. The highest BCUT2D eigenvalue weighted by Gasteiger charge is 2.51. The van der Waals surface area contributed by atoms with Gasteiger partial charge in [0, 0.05) is 0 Å². The summed E-state index contributed by atoms with van der Waals surface area (Å²) in [5.41, 5.74) is -1.71. The van der Waals surface area contributed by atoms with Gasteiger partial charge in [-0.15, -0.1) is 0 Å². The van der Waals surface area contributed by atoms with Crippen LogP contribution in [0.4, 0.5) is 4.79 Å². The van der Waals surface area contributed by atoms with Crippen LogP contribution < -0.4 is 5.32 Å². The lowest BCUT2D eigenvalue weighted by atomic mass is 10.0. The number of nitrogens with one attached hydrogen (secondary N) is 1. The van der Waals surface area contributed by atoms with E-state index in [1.165, 1.54) is 6.92 Å². The Kier molecular flexibility index (Phi) is 6.33. The zero-order chi connectivity index (χ0) is 20.9. The molecule has 8 nitrogen and oxygen atoms in total. The van der Waals surface area contributed by atoms with Gasteiger partial charge < -0.3 is 18.9 Å². The van der Waals surface area contributed by atoms with Crippen molar-refractivity contribution in [2.75, 3.05) is 7.11 Å². The van der Waals surface area contributed by atoms with Crippen LogP contribution in [0.25, 0.3) is 0 Å². The second-order valence-corrected chi connectivity index (χ2v) is 7.32. The van der Waals surface area contributed by atoms with Crippen molar-refractivity contribution in [1.29, 1.82) is 0 Å². The third kappa shape index (κ3) is 5.25. The van der Waals surface area contributed by atoms with Crippen molar-refractivity contribution in [1.82, 2.24) is 5.32 Å². The summed E-state index contributed by atoms with van der Waals surface area (Å²) in [6, 6.07) is 9.17. The quantitative estimate of drug-likeness (QED) is 0.608. The number of rotatable bonds is 5. The maximum Gasteiger partial charge on any atom is 0.411 e. The van der Waals surface area contributed by atoms with Gasteiger partial charge in [0.1, 0.15) is 18.0 Å². The zero-order valence-corrected chi connectivity index (χ0v) is 16.7. The Balaban J connectivity index is 2.11. The molecule has 0 aliphatic carbocycles. The average Bonchev–Trinajstić information content (AvgIpc) is 2.95. The van der Waals surface area contributed by atoms with E-state index >= 15 is 0 Å². The molecule has 1 aliphatic rings. The fraction of sp³-hybridized carbons (Fsp3) is 0.450. The fourth-order valence-corrected chi connectivity index (χ4v) is 2.63. The van der Waals surface area contributed by atoms with Gasteiger partial charge in [-0.05, 0) is 33.3 Å². The molecule has 0 bridgehead atoms. The average molecular weight is 391 g/mol. The van der Waals surface area contributed by atoms with Crippen LogP contribution in [0.1, 0.15) is 39.7 Å². The first-order chi connectivity index (χ1) is 13.1. The van der Waals surface area contributed by atoms with Crippen LogP contribution >= 0.6 is 0 Å². The molecule has 0 spiro atoms. The molecule has 1 unspecified atom stereocenters. The normalized spacial score (nSPS) is 18.9. The highest BCUT2D eigenvalue weighted by atomic mass is 16.6. The second-order valence-electron chi connectivity index (χ2n) is 7.32. The first-order valence-corrected chi connectivity index (χ1v) is 8.76. The largest absolute Gasteiger partial charge is 0.465 e. The van der Waals surface area contributed by atoms with Gasteiger partial charge in [-0.3, -0.25) is 5.32 Å². The number of allylic oxidation sites excluding steroid dienone is 1. The van der Waals surface area contributed by atoms with Crippen molar-refractivity contribution >= 4 is 18.0 Å². The third-order valence-corrected chi connectivity index (χ3v) is 3.86. The number of alkyl carbamates (subject to hydrolysis) is 1. The molecule has 8 heteroatoms. The van der Waals surface area contributed by atoms with Crippen molar-refractivity contribution in [3.05, 3.63) is 47.2 Å². The third-order valence-electron chi connectivity index (χ3n) is 3.86. The lowest BCUT2D eigenvalue weighted by molar-refractivity contribution is -0.165. The monoisotopic (exact) mass is 391 g/mol. The molecule has 1 heterocycles. The lowest BCUT2D eigenvalue weighted by Gasteiger charge is -2.29. The summed E-state index contributed by atoms with van der Waals surface area (Å²) in [6.07, 6.45) is -1.11. The SMILES string of the molecule is COC(=O)C1(NC(=O)OC(C)(C)C)CC(C(=O)OCc2ccccc2)=C(C)O1. The number of amides is 1. The standard InChI is InChI=1S/C20H25NO7/c1-13-15(16(22)26-12-14-9-7-6-8-10-14)11-20(27-13,17(23)25-5)21-18(24)28-19(2,3)4/h6-10H,11-12H2,1-5H3,(H,21,24). The molecule has 0 saturated carbocycles. The Morgan fingerprint density at radius 2 is 1.82 bits per heavy atom. The number of methoxy groups -OCH3 is 1. The summed E-state index contributed by atoms with van der Waals surface area (Å²) in [6.45, 7) is 6.63. The Morgan fingerprint density at radius 3 is 2.39 bits per heavy atom. The highest BCUT2D eigenvalue weighted by molar-refractivity contribution is 5.94. The predicted molar refractivity (Wildman–Crippen MR) is 98.8 cm³/mol. The van der Waals surface area contributed by atoms with Crippen molar-refractivity contribution < 1.29 is 33.3 Å². The molecule has 1 N–H and O–H groups in total. The Labute approximate surface area is 163 Å². The van der Waals surface area contributed by atoms with E-state index in [4.69, 9.17) is 18.9 Å². The van der Waals surface area contributed by atoms with E-state index in [2.05, 4.69) is 5.32 Å². The minimum atomic E-state index is -1.89. The lowest BCUT2D eigenvalue weighted by Crippen LogP contribution is -2.56. The molecule has 1 amide bonds. The minimum Gasteiger partial charge on any atom is -0.465 e. The van der Waals surface area contributed by atoms with Gasteiger partial charge in [0.15, 0.2) is 0 Å². The van der Waals surface area contributed by atoms with Gasteiger partial charge in [-0.1, -0.05) is 30.3 Å². The second kappa shape index (κ2) is 8.33. The van der Waals surface area contributed by atoms with Gasteiger partial charge in [0.2, 0.25) is 0 Å². The van der Waals surface area contributed by atoms with Crippen molar-refractivity contribution in [3.63, 3.8) is 0 Å². The van der Waals surface area contributed by atoms with Gasteiger partial charge in [0.25, 0.3) is 5.72 Å². The summed E-state index contributed by atoms with van der Waals surface area (Å²) in [5.74, 6) is -1.33. The van der Waals surface area contributed by atoms with Gasteiger partial charge in [-0.25, -0.2) is 14.4 Å². The molecular formula is C20H25NO7. The molecule has 152 valence electrons. The van der Waals surface area contributed by atoms with Crippen molar-refractivity contribution in [2.45, 2.75) is 52.0 Å². The summed E-state index contributed by atoms with van der Waals surface area (Å²) >= 11 is 0. The van der Waals surface area contributed by atoms with E-state index in [9.17, 15) is 14.4 Å². The molecule has 0 radical (unpaired) electrons. The summed E-state index contributed by atoms with van der Waals surface area (Å²) < 4.78 is 20.8. The van der Waals surface area contributed by atoms with Gasteiger partial charge in [0.05, 0.1) is 19.1 Å². The van der Waals surface area contributed by atoms with Crippen LogP contribution in [0, 0.1) is 0 Å². The maximum absolute atomic E-state index is 12.5. The molecule has 0 fully saturated rings. The van der Waals surface area contributed by atoms with Crippen LogP contribution in [0.3, 0.4) is 0 Å². The smallest absolute Gasteiger partial charge is 0.411 e. The Morgan fingerprint density at radius 1 is 1.18 bits per heavy atom. The number of benzene rings is 1. The van der Waals surface area contributed by atoms with Crippen LogP contribution in [-0.4, -0.2) is 36.5 Å². The number of esters is 2. The van der Waals surface area contributed by atoms with Crippen LogP contribution in [-0.2, 0) is 35.1 Å². The molecule has 2 rings (SSSR count). The first-order valence-electron chi connectivity index (χ1n) is 8.76. The number of hydrogen-bond acceptors (Lipinski definition) is 7. The van der Waals surface area contributed by atoms with E-state index < -0.39 is 29.4 Å². The maximum atomic E-state index is 12.5. The minimum absolute atomic E-state index is 0.0706. The molecule has 0 aromatic heterocycles. The Bertz CT molecular complexity index is 779. The topological polar surface area (TPSA) is 100 Å². The van der Waals surface area contributed by atoms with Crippen molar-refractivity contribution in [3.8, 4) is 0 Å². The molecule has 1 aliphatic heterocycles. The summed E-state index contributed by atoms with van der Waals surface area (Å²) in [7, 11) is 1.16. The van der Waals surface area contributed by atoms with Crippen LogP contribution in [0.15, 0.2) is 41.7 Å². The molecule has 28 heavy (non-hydrogen) atoms. The molecule has 0 saturated heterocycles. The zero-order valence-electron chi connectivity index (χ0n) is 16.7. The number of carbonyl (C=O) groups excluding carboxylic acids is 3. The molecule has 1 aromatic rings. The number of ether oxygens (including phenoxy) is 4. The number of carbonyl (C=O) groups is 3. The van der Waals surface area contributed by atoms with E-state index in [-0.39, 0.29) is 24.4 Å². The van der Waals surface area contributed by atoms with E-state index in [0.717, 1.165) is 12.7 Å². The van der Waals surface area contributed by atoms with Crippen LogP contribution in [0.2, 0.25) is 0 Å². The first kappa shape index (κ1) is 21.3. The van der Waals surface area contributed by atoms with Crippen molar-refractivity contribution in [2.24, 2.45) is 0 Å². The van der Waals surface area contributed by atoms with E-state index in [1.807, 2.05) is 30.3 Å². The van der Waals surface area contributed by atoms with E-state index in [1.54, 1.807) is 20.8 Å². The molecule has 1 atom stereocenters. The predicted octanol–water partition coefficient (Wildman–Crippen LogP) is 2.82. The van der Waals surface area contributed by atoms with Gasteiger partial charge in [-0.2, -0.15) is 0 Å². The van der Waals surface area contributed by atoms with Gasteiger partial charge >= 0.3 is 18.0 Å². The molecular weight excluding hydrogens is 366 g/mol. The van der Waals surface area contributed by atoms with Crippen LogP contribution in [0.5, 0.6) is 0 Å². The number of hydrogen-bond donors (Lipinski definition) is 1. The highest BCUT2D eigenvalue weighted by Crippen LogP contribution is 2.34. The van der Waals surface area contributed by atoms with E-state index in [0.29, 0.717) is 0 Å². The Hall–Kier alpha value is -3.03. The summed E-state index contributed by atoms with van der Waals surface area (Å²) in [5, 5.41) is 2.38.